The van der Waals surface area contributed by atoms with Gasteiger partial charge >= 0.3 is 5.97 Å². The minimum atomic E-state index is -0.597. The van der Waals surface area contributed by atoms with E-state index in [2.05, 4.69) is 10.3 Å². The zero-order valence-corrected chi connectivity index (χ0v) is 16.9. The lowest BCUT2D eigenvalue weighted by Crippen LogP contribution is -2.18. The molecule has 4 rings (SSSR count). The quantitative estimate of drug-likeness (QED) is 0.499. The van der Waals surface area contributed by atoms with Gasteiger partial charge in [-0.05, 0) is 55.8 Å². The van der Waals surface area contributed by atoms with Gasteiger partial charge in [0.15, 0.2) is 5.76 Å². The van der Waals surface area contributed by atoms with E-state index in [-0.39, 0.29) is 23.5 Å². The number of hydrogen-bond donors (Lipinski definition) is 1. The Morgan fingerprint density at radius 2 is 1.94 bits per heavy atom. The molecule has 4 aromatic rings. The SMILES string of the molecule is Cc1ccc(C(=O)OCc2cc(=O)n3c(C)cccc3n2)cc1NC(=O)c1ccco1. The second-order valence-corrected chi connectivity index (χ2v) is 6.98. The van der Waals surface area contributed by atoms with Gasteiger partial charge in [0.05, 0.1) is 17.5 Å². The third-order valence-electron chi connectivity index (χ3n) is 4.75. The molecule has 156 valence electrons. The summed E-state index contributed by atoms with van der Waals surface area (Å²) in [4.78, 5) is 41.5. The van der Waals surface area contributed by atoms with Gasteiger partial charge in [-0.1, -0.05) is 12.1 Å². The smallest absolute Gasteiger partial charge is 0.338 e. The van der Waals surface area contributed by atoms with E-state index in [0.29, 0.717) is 17.0 Å². The van der Waals surface area contributed by atoms with Crippen molar-refractivity contribution in [3.63, 3.8) is 0 Å². The number of furan rings is 1. The first-order valence-electron chi connectivity index (χ1n) is 9.53. The maximum Gasteiger partial charge on any atom is 0.338 e. The summed E-state index contributed by atoms with van der Waals surface area (Å²) in [7, 11) is 0. The highest BCUT2D eigenvalue weighted by Crippen LogP contribution is 2.19. The molecule has 0 saturated heterocycles. The monoisotopic (exact) mass is 417 g/mol. The molecule has 0 unspecified atom stereocenters. The molecule has 8 nitrogen and oxygen atoms in total. The Labute approximate surface area is 177 Å². The molecule has 0 aliphatic heterocycles. The Kier molecular flexibility index (Phi) is 5.36. The van der Waals surface area contributed by atoms with Crippen LogP contribution in [0.2, 0.25) is 0 Å². The van der Waals surface area contributed by atoms with Crippen LogP contribution in [0.5, 0.6) is 0 Å². The van der Waals surface area contributed by atoms with Crippen LogP contribution in [-0.4, -0.2) is 21.3 Å². The third kappa shape index (κ3) is 4.23. The number of ether oxygens (including phenoxy) is 1. The number of rotatable bonds is 5. The zero-order chi connectivity index (χ0) is 22.0. The number of amides is 1. The first-order valence-corrected chi connectivity index (χ1v) is 9.53. The van der Waals surface area contributed by atoms with Crippen molar-refractivity contribution in [1.29, 1.82) is 0 Å². The largest absolute Gasteiger partial charge is 0.459 e. The number of fused-ring (bicyclic) bond motifs is 1. The topological polar surface area (TPSA) is 103 Å². The third-order valence-corrected chi connectivity index (χ3v) is 4.75. The molecule has 1 amide bonds. The van der Waals surface area contributed by atoms with E-state index in [0.717, 1.165) is 11.3 Å². The summed E-state index contributed by atoms with van der Waals surface area (Å²) in [6, 6.07) is 14.7. The van der Waals surface area contributed by atoms with Gasteiger partial charge in [-0.3, -0.25) is 14.0 Å². The highest BCUT2D eigenvalue weighted by atomic mass is 16.5. The fourth-order valence-corrected chi connectivity index (χ4v) is 3.14. The van der Waals surface area contributed by atoms with Crippen LogP contribution in [0.1, 0.15) is 37.9 Å². The lowest BCUT2D eigenvalue weighted by atomic mass is 10.1. The van der Waals surface area contributed by atoms with Crippen molar-refractivity contribution in [3.8, 4) is 0 Å². The van der Waals surface area contributed by atoms with Gasteiger partial charge in [0, 0.05) is 17.4 Å². The maximum atomic E-state index is 12.5. The average Bonchev–Trinajstić information content (AvgIpc) is 3.28. The van der Waals surface area contributed by atoms with Gasteiger partial charge < -0.3 is 14.5 Å². The molecular weight excluding hydrogens is 398 g/mol. The Balaban J connectivity index is 1.49. The van der Waals surface area contributed by atoms with Gasteiger partial charge in [0.1, 0.15) is 12.3 Å². The first kappa shape index (κ1) is 20.1. The van der Waals surface area contributed by atoms with E-state index in [1.807, 2.05) is 13.0 Å². The summed E-state index contributed by atoms with van der Waals surface area (Å²) >= 11 is 0. The number of anilines is 1. The van der Waals surface area contributed by atoms with E-state index < -0.39 is 11.9 Å². The van der Waals surface area contributed by atoms with Gasteiger partial charge in [0.25, 0.3) is 11.5 Å². The number of pyridine rings is 1. The van der Waals surface area contributed by atoms with Crippen LogP contribution in [0.25, 0.3) is 5.65 Å². The van der Waals surface area contributed by atoms with Crippen molar-refractivity contribution in [2.24, 2.45) is 0 Å². The van der Waals surface area contributed by atoms with E-state index >= 15 is 0 Å². The van der Waals surface area contributed by atoms with Crippen molar-refractivity contribution < 1.29 is 18.7 Å². The van der Waals surface area contributed by atoms with Crippen molar-refractivity contribution in [2.45, 2.75) is 20.5 Å². The van der Waals surface area contributed by atoms with Crippen LogP contribution >= 0.6 is 0 Å². The van der Waals surface area contributed by atoms with E-state index in [9.17, 15) is 14.4 Å². The molecule has 3 aromatic heterocycles. The summed E-state index contributed by atoms with van der Waals surface area (Å²) < 4.78 is 11.9. The molecule has 0 bridgehead atoms. The van der Waals surface area contributed by atoms with Crippen LogP contribution in [0.4, 0.5) is 5.69 Å². The number of aryl methyl sites for hydroxylation is 2. The number of nitrogens with zero attached hydrogens (tertiary/aromatic N) is 2. The molecule has 0 atom stereocenters. The van der Waals surface area contributed by atoms with Gasteiger partial charge in [-0.15, -0.1) is 0 Å². The molecule has 0 aliphatic rings. The molecule has 0 aliphatic carbocycles. The van der Waals surface area contributed by atoms with Crippen LogP contribution in [0, 0.1) is 13.8 Å². The molecule has 0 saturated carbocycles. The normalized spacial score (nSPS) is 10.8. The Hall–Kier alpha value is -4.20. The molecule has 1 N–H and O–H groups in total. The molecule has 8 heteroatoms. The van der Waals surface area contributed by atoms with E-state index in [1.165, 1.54) is 22.8 Å². The molecule has 1 aromatic carbocycles. The summed E-state index contributed by atoms with van der Waals surface area (Å²) in [5.41, 5.74) is 2.85. The highest BCUT2D eigenvalue weighted by Gasteiger charge is 2.14. The standard InChI is InChI=1S/C23H19N3O5/c1-14-8-9-16(11-18(14)25-22(28)19-6-4-10-30-19)23(29)31-13-17-12-21(27)26-15(2)5-3-7-20(26)24-17/h3-12H,13H2,1-2H3,(H,25,28). The van der Waals surface area contributed by atoms with E-state index in [4.69, 9.17) is 9.15 Å². The molecular formula is C23H19N3O5. The second-order valence-electron chi connectivity index (χ2n) is 6.98. The predicted octanol–water partition coefficient (Wildman–Crippen LogP) is 3.51. The van der Waals surface area contributed by atoms with E-state index in [1.54, 1.807) is 43.3 Å². The molecule has 0 spiro atoms. The Morgan fingerprint density at radius 1 is 1.10 bits per heavy atom. The fourth-order valence-electron chi connectivity index (χ4n) is 3.14. The van der Waals surface area contributed by atoms with Crippen LogP contribution in [0.15, 0.2) is 70.1 Å². The lowest BCUT2D eigenvalue weighted by Gasteiger charge is -2.10. The van der Waals surface area contributed by atoms with Crippen molar-refractivity contribution in [1.82, 2.24) is 9.38 Å². The maximum absolute atomic E-state index is 12.5. The zero-order valence-electron chi connectivity index (χ0n) is 16.9. The van der Waals surface area contributed by atoms with Crippen LogP contribution in [-0.2, 0) is 11.3 Å². The number of aromatic nitrogens is 2. The van der Waals surface area contributed by atoms with Gasteiger partial charge in [0.2, 0.25) is 0 Å². The number of carbonyl (C=O) groups is 2. The number of carbonyl (C=O) groups excluding carboxylic acids is 2. The summed E-state index contributed by atoms with van der Waals surface area (Å²) in [6.45, 7) is 3.47. The van der Waals surface area contributed by atoms with Crippen molar-refractivity contribution in [2.75, 3.05) is 5.32 Å². The Bertz CT molecular complexity index is 1340. The van der Waals surface area contributed by atoms with Crippen LogP contribution in [0.3, 0.4) is 0 Å². The predicted molar refractivity (Wildman–Crippen MR) is 113 cm³/mol. The lowest BCUT2D eigenvalue weighted by molar-refractivity contribution is 0.0467. The first-order chi connectivity index (χ1) is 14.9. The molecule has 0 radical (unpaired) electrons. The summed E-state index contributed by atoms with van der Waals surface area (Å²) in [6.07, 6.45) is 1.41. The fraction of sp³-hybridized carbons (Fsp3) is 0.130. The highest BCUT2D eigenvalue weighted by molar-refractivity contribution is 6.03. The number of benzene rings is 1. The van der Waals surface area contributed by atoms with Crippen LogP contribution < -0.4 is 10.9 Å². The Morgan fingerprint density at radius 3 is 2.71 bits per heavy atom. The molecule has 3 heterocycles. The average molecular weight is 417 g/mol. The minimum Gasteiger partial charge on any atom is -0.459 e. The number of hydrogen-bond acceptors (Lipinski definition) is 6. The second kappa shape index (κ2) is 8.27. The molecule has 0 fully saturated rings. The summed E-state index contributed by atoms with van der Waals surface area (Å²) in [5.74, 6) is -0.856. The van der Waals surface area contributed by atoms with Gasteiger partial charge in [-0.25, -0.2) is 9.78 Å². The number of nitrogens with one attached hydrogen (secondary N) is 1. The minimum absolute atomic E-state index is 0.152. The molecule has 31 heavy (non-hydrogen) atoms. The van der Waals surface area contributed by atoms with Crippen molar-refractivity contribution >= 4 is 23.2 Å². The van der Waals surface area contributed by atoms with Crippen molar-refractivity contribution in [3.05, 3.63) is 99.5 Å². The van der Waals surface area contributed by atoms with Gasteiger partial charge in [-0.2, -0.15) is 0 Å². The summed E-state index contributed by atoms with van der Waals surface area (Å²) in [5, 5.41) is 2.72. The number of esters is 1.